The lowest BCUT2D eigenvalue weighted by Gasteiger charge is -2.35. The lowest BCUT2D eigenvalue weighted by atomic mass is 10.0. The van der Waals surface area contributed by atoms with Crippen LogP contribution in [0.5, 0.6) is 11.5 Å². The van der Waals surface area contributed by atoms with Gasteiger partial charge in [-0.15, -0.1) is 0 Å². The molecule has 1 aliphatic rings. The number of rotatable bonds is 10. The molecule has 1 saturated heterocycles. The lowest BCUT2D eigenvalue weighted by molar-refractivity contribution is 0.101. The van der Waals surface area contributed by atoms with Gasteiger partial charge in [0, 0.05) is 19.1 Å². The molecule has 0 saturated carbocycles. The Kier molecular flexibility index (Phi) is 8.52. The van der Waals surface area contributed by atoms with Gasteiger partial charge in [-0.25, -0.2) is 0 Å². The summed E-state index contributed by atoms with van der Waals surface area (Å²) in [6.45, 7) is 3.62. The van der Waals surface area contributed by atoms with Crippen LogP contribution in [-0.2, 0) is 0 Å². The molecule has 30 heavy (non-hydrogen) atoms. The number of hydrogen-bond acceptors (Lipinski definition) is 6. The van der Waals surface area contributed by atoms with Gasteiger partial charge in [0.2, 0.25) is 0 Å². The minimum atomic E-state index is -0.612. The summed E-state index contributed by atoms with van der Waals surface area (Å²) in [5, 5.41) is 22.6. The monoisotopic (exact) mass is 409 g/mol. The summed E-state index contributed by atoms with van der Waals surface area (Å²) in [6, 6.07) is 17.5. The van der Waals surface area contributed by atoms with Crippen LogP contribution in [0.3, 0.4) is 0 Å². The van der Waals surface area contributed by atoms with Crippen LogP contribution in [-0.4, -0.2) is 56.0 Å². The molecule has 2 atom stereocenters. The molecule has 0 radical (unpaired) electrons. The quantitative estimate of drug-likeness (QED) is 0.628. The number of nitrogens with zero attached hydrogens (tertiary/aromatic N) is 2. The molecule has 6 nitrogen and oxygen atoms in total. The number of nitrogens with one attached hydrogen (secondary N) is 1. The van der Waals surface area contributed by atoms with E-state index in [2.05, 4.69) is 28.4 Å². The average molecular weight is 410 g/mol. The normalized spacial score (nSPS) is 16.4. The van der Waals surface area contributed by atoms with Crippen LogP contribution in [0.15, 0.2) is 48.5 Å². The molecule has 3 rings (SSSR count). The number of ether oxygens (including phenoxy) is 2. The van der Waals surface area contributed by atoms with Gasteiger partial charge in [0.25, 0.3) is 0 Å². The minimum absolute atomic E-state index is 0.204. The molecule has 2 N–H and O–H groups in total. The number of aliphatic hydroxyl groups excluding tert-OH is 1. The van der Waals surface area contributed by atoms with Crippen LogP contribution < -0.4 is 14.8 Å². The lowest BCUT2D eigenvalue weighted by Crippen LogP contribution is -2.41. The molecule has 1 fully saturated rings. The molecular weight excluding hydrogens is 378 g/mol. The Labute approximate surface area is 179 Å². The van der Waals surface area contributed by atoms with Gasteiger partial charge in [0.1, 0.15) is 24.2 Å². The van der Waals surface area contributed by atoms with E-state index in [4.69, 9.17) is 14.7 Å². The highest BCUT2D eigenvalue weighted by atomic mass is 16.5. The second-order valence-corrected chi connectivity index (χ2v) is 7.64. The maximum Gasteiger partial charge on any atom is 0.119 e. The first-order valence-corrected chi connectivity index (χ1v) is 10.6. The van der Waals surface area contributed by atoms with Crippen LogP contribution in [0.2, 0.25) is 0 Å². The van der Waals surface area contributed by atoms with Crippen LogP contribution in [0.25, 0.3) is 0 Å². The van der Waals surface area contributed by atoms with Crippen LogP contribution in [0.1, 0.15) is 36.4 Å². The Bertz CT molecular complexity index is 796. The van der Waals surface area contributed by atoms with E-state index in [0.717, 1.165) is 25.4 Å². The molecule has 2 aromatic carbocycles. The fraction of sp³-hybridized carbons (Fsp3) is 0.458. The van der Waals surface area contributed by atoms with Crippen LogP contribution >= 0.6 is 0 Å². The molecule has 160 valence electrons. The second-order valence-electron chi connectivity index (χ2n) is 7.64. The number of aliphatic hydroxyl groups is 1. The maximum absolute atomic E-state index is 10.3. The van der Waals surface area contributed by atoms with E-state index in [-0.39, 0.29) is 12.6 Å². The van der Waals surface area contributed by atoms with Crippen molar-refractivity contribution in [2.45, 2.75) is 31.4 Å². The van der Waals surface area contributed by atoms with E-state index < -0.39 is 6.10 Å². The third-order valence-electron chi connectivity index (χ3n) is 5.48. The molecule has 1 aliphatic heterocycles. The zero-order valence-electron chi connectivity index (χ0n) is 17.6. The summed E-state index contributed by atoms with van der Waals surface area (Å²) in [6.07, 6.45) is 3.14. The Balaban J connectivity index is 1.50. The molecule has 0 unspecified atom stereocenters. The van der Waals surface area contributed by atoms with E-state index in [9.17, 15) is 5.11 Å². The van der Waals surface area contributed by atoms with Gasteiger partial charge in [-0.2, -0.15) is 5.26 Å². The van der Waals surface area contributed by atoms with Crippen molar-refractivity contribution in [1.82, 2.24) is 10.2 Å². The van der Waals surface area contributed by atoms with Gasteiger partial charge in [0.15, 0.2) is 0 Å². The van der Waals surface area contributed by atoms with Crippen molar-refractivity contribution in [2.75, 3.05) is 39.9 Å². The van der Waals surface area contributed by atoms with Gasteiger partial charge in [-0.3, -0.25) is 4.90 Å². The Morgan fingerprint density at radius 2 is 1.67 bits per heavy atom. The highest BCUT2D eigenvalue weighted by Crippen LogP contribution is 2.25. The zero-order valence-corrected chi connectivity index (χ0v) is 17.6. The first-order valence-electron chi connectivity index (χ1n) is 10.6. The Morgan fingerprint density at radius 3 is 2.30 bits per heavy atom. The zero-order chi connectivity index (χ0) is 21.2. The third kappa shape index (κ3) is 6.46. The summed E-state index contributed by atoms with van der Waals surface area (Å²) in [5.41, 5.74) is 1.85. The predicted octanol–water partition coefficient (Wildman–Crippen LogP) is 3.12. The SMILES string of the molecule is COc1ccc([C@@H](CNC[C@@H](O)COc2ccc(C#N)cc2)N2CCCCC2)cc1. The number of benzene rings is 2. The topological polar surface area (TPSA) is 77.7 Å². The van der Waals surface area contributed by atoms with Crippen molar-refractivity contribution in [2.24, 2.45) is 0 Å². The Hall–Kier alpha value is -2.59. The predicted molar refractivity (Wildman–Crippen MR) is 117 cm³/mol. The molecule has 0 spiro atoms. The average Bonchev–Trinajstić information content (AvgIpc) is 2.81. The van der Waals surface area contributed by atoms with E-state index >= 15 is 0 Å². The number of likely N-dealkylation sites (tertiary alicyclic amines) is 1. The van der Waals surface area contributed by atoms with Crippen molar-refractivity contribution < 1.29 is 14.6 Å². The van der Waals surface area contributed by atoms with Crippen molar-refractivity contribution >= 4 is 0 Å². The molecule has 0 aromatic heterocycles. The van der Waals surface area contributed by atoms with Gasteiger partial charge in [-0.1, -0.05) is 18.6 Å². The molecule has 0 bridgehead atoms. The number of nitriles is 1. The maximum atomic E-state index is 10.3. The first kappa shape index (κ1) is 22.1. The first-order chi connectivity index (χ1) is 14.7. The number of hydrogen-bond donors (Lipinski definition) is 2. The van der Waals surface area contributed by atoms with E-state index in [1.165, 1.54) is 24.8 Å². The molecule has 2 aromatic rings. The van der Waals surface area contributed by atoms with Crippen molar-refractivity contribution in [3.8, 4) is 17.6 Å². The number of piperidine rings is 1. The third-order valence-corrected chi connectivity index (χ3v) is 5.48. The van der Waals surface area contributed by atoms with Crippen LogP contribution in [0.4, 0.5) is 0 Å². The summed E-state index contributed by atoms with van der Waals surface area (Å²) in [7, 11) is 1.68. The highest BCUT2D eigenvalue weighted by Gasteiger charge is 2.22. The largest absolute Gasteiger partial charge is 0.497 e. The van der Waals surface area contributed by atoms with Crippen molar-refractivity contribution in [3.05, 3.63) is 59.7 Å². The van der Waals surface area contributed by atoms with Crippen molar-refractivity contribution in [1.29, 1.82) is 5.26 Å². The van der Waals surface area contributed by atoms with Gasteiger partial charge in [-0.05, 0) is 67.9 Å². The smallest absolute Gasteiger partial charge is 0.119 e. The van der Waals surface area contributed by atoms with Gasteiger partial charge < -0.3 is 19.9 Å². The second kappa shape index (κ2) is 11.6. The van der Waals surface area contributed by atoms with Crippen molar-refractivity contribution in [3.63, 3.8) is 0 Å². The summed E-state index contributed by atoms with van der Waals surface area (Å²) >= 11 is 0. The molecule has 1 heterocycles. The van der Waals surface area contributed by atoms with E-state index in [1.807, 2.05) is 12.1 Å². The molecule has 6 heteroatoms. The number of methoxy groups -OCH3 is 1. The summed E-state index contributed by atoms with van der Waals surface area (Å²) in [5.74, 6) is 1.51. The summed E-state index contributed by atoms with van der Waals surface area (Å²) < 4.78 is 10.9. The fourth-order valence-corrected chi connectivity index (χ4v) is 3.78. The molecule has 0 amide bonds. The summed E-state index contributed by atoms with van der Waals surface area (Å²) in [4.78, 5) is 2.53. The standard InChI is InChI=1S/C24H31N3O3/c1-29-22-11-7-20(8-12-22)24(27-13-3-2-4-14-27)17-26-16-21(28)18-30-23-9-5-19(15-25)6-10-23/h5-12,21,24,26,28H,2-4,13-14,16-18H2,1H3/t21-,24-/m1/s1. The Morgan fingerprint density at radius 1 is 1.00 bits per heavy atom. The fourth-order valence-electron chi connectivity index (χ4n) is 3.78. The molecule has 0 aliphatic carbocycles. The van der Waals surface area contributed by atoms with Gasteiger partial charge in [0.05, 0.1) is 18.7 Å². The van der Waals surface area contributed by atoms with Crippen LogP contribution in [0, 0.1) is 11.3 Å². The van der Waals surface area contributed by atoms with E-state index in [0.29, 0.717) is 17.9 Å². The van der Waals surface area contributed by atoms with Gasteiger partial charge >= 0.3 is 0 Å². The van der Waals surface area contributed by atoms with E-state index in [1.54, 1.807) is 31.4 Å². The minimum Gasteiger partial charge on any atom is -0.497 e. The highest BCUT2D eigenvalue weighted by molar-refractivity contribution is 5.34. The molecular formula is C24H31N3O3.